The van der Waals surface area contributed by atoms with E-state index >= 15 is 0 Å². The Hall–Kier alpha value is -3.52. The monoisotopic (exact) mass is 530 g/mol. The van der Waals surface area contributed by atoms with Gasteiger partial charge in [0.1, 0.15) is 18.2 Å². The predicted octanol–water partition coefficient (Wildman–Crippen LogP) is 4.50. The zero-order valence-electron chi connectivity index (χ0n) is 22.5. The Kier molecular flexibility index (Phi) is 11.1. The van der Waals surface area contributed by atoms with Crippen molar-refractivity contribution < 1.29 is 23.8 Å². The van der Waals surface area contributed by atoms with Crippen LogP contribution in [0.25, 0.3) is 0 Å². The van der Waals surface area contributed by atoms with Gasteiger partial charge in [-0.1, -0.05) is 104 Å². The van der Waals surface area contributed by atoms with Gasteiger partial charge in [0.15, 0.2) is 0 Å². The van der Waals surface area contributed by atoms with Crippen molar-refractivity contribution in [2.75, 3.05) is 13.2 Å². The van der Waals surface area contributed by atoms with E-state index in [0.29, 0.717) is 26.4 Å². The zero-order valence-corrected chi connectivity index (χ0v) is 22.5. The number of benzene rings is 3. The third-order valence-electron chi connectivity index (χ3n) is 6.91. The number of unbranched alkanes of at least 4 members (excludes halogenated alkanes) is 1. The largest absolute Gasteiger partial charge is 0.375 e. The van der Waals surface area contributed by atoms with Crippen LogP contribution in [0.5, 0.6) is 0 Å². The Morgan fingerprint density at radius 1 is 0.795 bits per heavy atom. The van der Waals surface area contributed by atoms with Crippen LogP contribution < -0.4 is 5.32 Å². The molecule has 3 aromatic carbocycles. The number of likely N-dealkylation sites (tertiary alicyclic amines) is 1. The SMILES string of the molecule is CCCCNC(=O)[C@H]1[C@@H](OCc2ccccc2)[C@@H](OCc2ccccc2)[C@@H](COCc2ccccc2)N1C=O. The molecule has 1 aliphatic rings. The highest BCUT2D eigenvalue weighted by molar-refractivity contribution is 5.85. The van der Waals surface area contributed by atoms with E-state index < -0.39 is 24.3 Å². The summed E-state index contributed by atoms with van der Waals surface area (Å²) in [6, 6.07) is 28.2. The first-order chi connectivity index (χ1) is 19.2. The second-order valence-corrected chi connectivity index (χ2v) is 9.73. The van der Waals surface area contributed by atoms with Crippen molar-refractivity contribution in [2.45, 2.75) is 63.9 Å². The highest BCUT2D eigenvalue weighted by atomic mass is 16.5. The molecule has 2 amide bonds. The highest BCUT2D eigenvalue weighted by Crippen LogP contribution is 2.31. The van der Waals surface area contributed by atoms with Gasteiger partial charge in [-0.3, -0.25) is 9.59 Å². The second kappa shape index (κ2) is 15.2. The molecule has 0 bridgehead atoms. The topological polar surface area (TPSA) is 77.1 Å². The van der Waals surface area contributed by atoms with Gasteiger partial charge in [-0.15, -0.1) is 0 Å². The highest BCUT2D eigenvalue weighted by Gasteiger charge is 2.53. The summed E-state index contributed by atoms with van der Waals surface area (Å²) in [5.74, 6) is -0.243. The standard InChI is InChI=1S/C32H38N2O5/c1-2-3-19-33-32(36)29-31(39-22-27-17-11-6-12-18-27)30(38-21-26-15-9-5-10-16-26)28(34(29)24-35)23-37-20-25-13-7-4-8-14-25/h4-18,24,28-31H,2-3,19-23H2,1H3,(H,33,36)/t28-,29-,30+,31-/m1/s1. The van der Waals surface area contributed by atoms with Crippen molar-refractivity contribution >= 4 is 12.3 Å². The molecule has 0 aromatic heterocycles. The molecule has 1 heterocycles. The van der Waals surface area contributed by atoms with E-state index in [1.54, 1.807) is 0 Å². The quantitative estimate of drug-likeness (QED) is 0.231. The van der Waals surface area contributed by atoms with Crippen LogP contribution in [-0.2, 0) is 43.6 Å². The van der Waals surface area contributed by atoms with Crippen LogP contribution in [0.15, 0.2) is 91.0 Å². The van der Waals surface area contributed by atoms with Crippen molar-refractivity contribution in [1.82, 2.24) is 10.2 Å². The third-order valence-corrected chi connectivity index (χ3v) is 6.91. The first-order valence-corrected chi connectivity index (χ1v) is 13.6. The van der Waals surface area contributed by atoms with Crippen molar-refractivity contribution in [3.63, 3.8) is 0 Å². The lowest BCUT2D eigenvalue weighted by atomic mass is 10.1. The minimum Gasteiger partial charge on any atom is -0.375 e. The average molecular weight is 531 g/mol. The first-order valence-electron chi connectivity index (χ1n) is 13.6. The lowest BCUT2D eigenvalue weighted by Gasteiger charge is -2.26. The summed E-state index contributed by atoms with van der Waals surface area (Å²) < 4.78 is 19.0. The van der Waals surface area contributed by atoms with Gasteiger partial charge in [0.25, 0.3) is 0 Å². The second-order valence-electron chi connectivity index (χ2n) is 9.73. The van der Waals surface area contributed by atoms with Gasteiger partial charge in [-0.2, -0.15) is 0 Å². The molecule has 1 N–H and O–H groups in total. The number of carbonyl (C=O) groups excluding carboxylic acids is 2. The van der Waals surface area contributed by atoms with Gasteiger partial charge in [0.2, 0.25) is 12.3 Å². The molecule has 1 fully saturated rings. The maximum atomic E-state index is 13.5. The molecule has 7 heteroatoms. The molecule has 4 rings (SSSR count). The number of carbonyl (C=O) groups is 2. The summed E-state index contributed by atoms with van der Waals surface area (Å²) in [5.41, 5.74) is 3.00. The van der Waals surface area contributed by atoms with Crippen LogP contribution >= 0.6 is 0 Å². The third kappa shape index (κ3) is 7.99. The molecule has 3 aromatic rings. The summed E-state index contributed by atoms with van der Waals surface area (Å²) >= 11 is 0. The predicted molar refractivity (Wildman–Crippen MR) is 150 cm³/mol. The molecule has 0 unspecified atom stereocenters. The van der Waals surface area contributed by atoms with Crippen molar-refractivity contribution in [3.8, 4) is 0 Å². The van der Waals surface area contributed by atoms with E-state index in [-0.39, 0.29) is 12.5 Å². The number of hydrogen-bond donors (Lipinski definition) is 1. The number of ether oxygens (including phenoxy) is 3. The molecular formula is C32H38N2O5. The van der Waals surface area contributed by atoms with Crippen LogP contribution in [0.1, 0.15) is 36.5 Å². The number of hydrogen-bond acceptors (Lipinski definition) is 5. The van der Waals surface area contributed by atoms with Gasteiger partial charge in [0.05, 0.1) is 32.5 Å². The molecule has 39 heavy (non-hydrogen) atoms. The lowest BCUT2D eigenvalue weighted by molar-refractivity contribution is -0.137. The van der Waals surface area contributed by atoms with Crippen molar-refractivity contribution in [2.24, 2.45) is 0 Å². The fourth-order valence-corrected chi connectivity index (χ4v) is 4.84. The normalized spacial score (nSPS) is 20.6. The summed E-state index contributed by atoms with van der Waals surface area (Å²) in [5, 5.41) is 3.00. The molecular weight excluding hydrogens is 492 g/mol. The Morgan fingerprint density at radius 2 is 1.31 bits per heavy atom. The van der Waals surface area contributed by atoms with Crippen molar-refractivity contribution in [3.05, 3.63) is 108 Å². The number of rotatable bonds is 15. The number of amides is 2. The van der Waals surface area contributed by atoms with Gasteiger partial charge in [-0.05, 0) is 23.1 Å². The zero-order chi connectivity index (χ0) is 27.3. The molecule has 0 spiro atoms. The molecule has 206 valence electrons. The Bertz CT molecular complexity index is 1130. The van der Waals surface area contributed by atoms with Crippen LogP contribution in [-0.4, -0.2) is 54.7 Å². The van der Waals surface area contributed by atoms with Gasteiger partial charge < -0.3 is 24.4 Å². The molecule has 7 nitrogen and oxygen atoms in total. The van der Waals surface area contributed by atoms with E-state index in [2.05, 4.69) is 12.2 Å². The summed E-state index contributed by atoms with van der Waals surface area (Å²) in [7, 11) is 0. The maximum absolute atomic E-state index is 13.5. The van der Waals surface area contributed by atoms with E-state index in [4.69, 9.17) is 14.2 Å². The summed E-state index contributed by atoms with van der Waals surface area (Å²) in [6.07, 6.45) is 1.29. The van der Waals surface area contributed by atoms with Crippen LogP contribution in [0, 0.1) is 0 Å². The fourth-order valence-electron chi connectivity index (χ4n) is 4.84. The lowest BCUT2D eigenvalue weighted by Crippen LogP contribution is -2.50. The Morgan fingerprint density at radius 3 is 1.82 bits per heavy atom. The van der Waals surface area contributed by atoms with Gasteiger partial charge >= 0.3 is 0 Å². The van der Waals surface area contributed by atoms with Crippen LogP contribution in [0.2, 0.25) is 0 Å². The maximum Gasteiger partial charge on any atom is 0.245 e. The minimum atomic E-state index is -0.839. The number of nitrogens with one attached hydrogen (secondary N) is 1. The molecule has 0 aliphatic carbocycles. The molecule has 4 atom stereocenters. The minimum absolute atomic E-state index is 0.205. The fraction of sp³-hybridized carbons (Fsp3) is 0.375. The smallest absolute Gasteiger partial charge is 0.245 e. The molecule has 1 saturated heterocycles. The van der Waals surface area contributed by atoms with E-state index in [0.717, 1.165) is 35.9 Å². The average Bonchev–Trinajstić information content (AvgIpc) is 3.28. The van der Waals surface area contributed by atoms with Gasteiger partial charge in [0, 0.05) is 6.54 Å². The van der Waals surface area contributed by atoms with Crippen LogP contribution in [0.4, 0.5) is 0 Å². The van der Waals surface area contributed by atoms with Crippen molar-refractivity contribution in [1.29, 1.82) is 0 Å². The summed E-state index contributed by atoms with van der Waals surface area (Å²) in [4.78, 5) is 27.5. The number of nitrogens with zero attached hydrogens (tertiary/aromatic N) is 1. The molecule has 0 saturated carbocycles. The van der Waals surface area contributed by atoms with Gasteiger partial charge in [-0.25, -0.2) is 0 Å². The van der Waals surface area contributed by atoms with Crippen LogP contribution in [0.3, 0.4) is 0 Å². The van der Waals surface area contributed by atoms with E-state index in [1.807, 2.05) is 91.0 Å². The van der Waals surface area contributed by atoms with E-state index in [9.17, 15) is 9.59 Å². The summed E-state index contributed by atoms with van der Waals surface area (Å²) in [6.45, 7) is 3.81. The van der Waals surface area contributed by atoms with E-state index in [1.165, 1.54) is 4.90 Å². The first kappa shape index (κ1) is 28.5. The Labute approximate surface area is 231 Å². The molecule has 1 aliphatic heterocycles. The molecule has 0 radical (unpaired) electrons. The Balaban J connectivity index is 1.58.